The predicted molar refractivity (Wildman–Crippen MR) is 106 cm³/mol. The maximum absolute atomic E-state index is 12.8. The van der Waals surface area contributed by atoms with Gasteiger partial charge in [0.1, 0.15) is 0 Å². The maximum atomic E-state index is 12.8. The van der Waals surface area contributed by atoms with Crippen molar-refractivity contribution in [1.82, 2.24) is 5.01 Å². The zero-order chi connectivity index (χ0) is 19.4. The van der Waals surface area contributed by atoms with Crippen LogP contribution in [0.15, 0.2) is 47.6 Å². The van der Waals surface area contributed by atoms with Gasteiger partial charge in [-0.05, 0) is 55.3 Å². The Bertz CT molecular complexity index is 846. The van der Waals surface area contributed by atoms with E-state index in [1.165, 1.54) is 0 Å². The summed E-state index contributed by atoms with van der Waals surface area (Å²) in [6.45, 7) is 2.73. The van der Waals surface area contributed by atoms with Crippen LogP contribution in [0.25, 0.3) is 0 Å². The Balaban J connectivity index is 1.96. The number of amides is 1. The molecule has 2 aromatic rings. The number of hydrogen-bond acceptors (Lipinski definition) is 5. The van der Waals surface area contributed by atoms with Crippen LogP contribution in [0.3, 0.4) is 0 Å². The van der Waals surface area contributed by atoms with Crippen molar-refractivity contribution in [2.24, 2.45) is 11.0 Å². The minimum absolute atomic E-state index is 0.123. The van der Waals surface area contributed by atoms with E-state index in [0.29, 0.717) is 35.2 Å². The lowest BCUT2D eigenvalue weighted by atomic mass is 9.90. The molecular weight excluding hydrogens is 342 g/mol. The number of rotatable bonds is 5. The van der Waals surface area contributed by atoms with Gasteiger partial charge in [0.2, 0.25) is 0 Å². The number of nitrogens with two attached hydrogens (primary N) is 1. The van der Waals surface area contributed by atoms with Gasteiger partial charge in [-0.3, -0.25) is 4.79 Å². The topological polar surface area (TPSA) is 77.2 Å². The van der Waals surface area contributed by atoms with Crippen molar-refractivity contribution in [3.63, 3.8) is 0 Å². The average molecular weight is 367 g/mol. The molecule has 142 valence electrons. The number of hydrazone groups is 1. The Morgan fingerprint density at radius 1 is 1.15 bits per heavy atom. The SMILES string of the molecule is CCC1CCN(C(=O)c2ccc(N)cc2)N=C1c1ccc(OC)c(OC)c1. The molecule has 2 N–H and O–H groups in total. The summed E-state index contributed by atoms with van der Waals surface area (Å²) < 4.78 is 10.7. The Labute approximate surface area is 159 Å². The van der Waals surface area contributed by atoms with Crippen LogP contribution >= 0.6 is 0 Å². The van der Waals surface area contributed by atoms with E-state index in [0.717, 1.165) is 24.1 Å². The van der Waals surface area contributed by atoms with Crippen LogP contribution in [0.4, 0.5) is 5.69 Å². The van der Waals surface area contributed by atoms with Gasteiger partial charge in [0.25, 0.3) is 5.91 Å². The van der Waals surface area contributed by atoms with Gasteiger partial charge in [0.15, 0.2) is 11.5 Å². The molecule has 0 fully saturated rings. The van der Waals surface area contributed by atoms with E-state index < -0.39 is 0 Å². The monoisotopic (exact) mass is 367 g/mol. The van der Waals surface area contributed by atoms with E-state index in [1.807, 2.05) is 18.2 Å². The van der Waals surface area contributed by atoms with Gasteiger partial charge in [-0.15, -0.1) is 0 Å². The number of nitrogens with zero attached hydrogens (tertiary/aromatic N) is 2. The smallest absolute Gasteiger partial charge is 0.273 e. The van der Waals surface area contributed by atoms with Crippen LogP contribution in [0.1, 0.15) is 35.7 Å². The first-order valence-corrected chi connectivity index (χ1v) is 9.05. The second-order valence-corrected chi connectivity index (χ2v) is 6.50. The van der Waals surface area contributed by atoms with Crippen molar-refractivity contribution >= 4 is 17.3 Å². The lowest BCUT2D eigenvalue weighted by Crippen LogP contribution is -2.36. The van der Waals surface area contributed by atoms with Gasteiger partial charge in [0.05, 0.1) is 19.9 Å². The molecule has 0 bridgehead atoms. The van der Waals surface area contributed by atoms with Crippen LogP contribution < -0.4 is 15.2 Å². The Morgan fingerprint density at radius 2 is 1.85 bits per heavy atom. The first-order chi connectivity index (χ1) is 13.1. The van der Waals surface area contributed by atoms with E-state index >= 15 is 0 Å². The summed E-state index contributed by atoms with van der Waals surface area (Å²) in [5.74, 6) is 1.48. The summed E-state index contributed by atoms with van der Waals surface area (Å²) >= 11 is 0. The van der Waals surface area contributed by atoms with Gasteiger partial charge in [-0.1, -0.05) is 6.92 Å². The molecule has 1 aliphatic heterocycles. The summed E-state index contributed by atoms with van der Waals surface area (Å²) in [4.78, 5) is 12.8. The predicted octanol–water partition coefficient (Wildman–Crippen LogP) is 3.56. The number of carbonyl (C=O) groups is 1. The quantitative estimate of drug-likeness (QED) is 0.820. The molecule has 27 heavy (non-hydrogen) atoms. The number of methoxy groups -OCH3 is 2. The number of hydrogen-bond donors (Lipinski definition) is 1. The third-order valence-electron chi connectivity index (χ3n) is 4.87. The molecule has 6 heteroatoms. The number of nitrogen functional groups attached to an aromatic ring is 1. The highest BCUT2D eigenvalue weighted by atomic mass is 16.5. The van der Waals surface area contributed by atoms with Gasteiger partial charge in [-0.2, -0.15) is 5.10 Å². The lowest BCUT2D eigenvalue weighted by molar-refractivity contribution is 0.0742. The first-order valence-electron chi connectivity index (χ1n) is 9.05. The van der Waals surface area contributed by atoms with Gasteiger partial charge in [0, 0.05) is 29.3 Å². The molecule has 1 unspecified atom stereocenters. The molecular formula is C21H25N3O3. The summed E-state index contributed by atoms with van der Waals surface area (Å²) in [5.41, 5.74) is 8.76. The molecule has 1 amide bonds. The molecule has 6 nitrogen and oxygen atoms in total. The highest BCUT2D eigenvalue weighted by Crippen LogP contribution is 2.31. The molecule has 0 aliphatic carbocycles. The summed E-state index contributed by atoms with van der Waals surface area (Å²) in [7, 11) is 3.22. The van der Waals surface area contributed by atoms with Crippen molar-refractivity contribution < 1.29 is 14.3 Å². The molecule has 0 saturated carbocycles. The van der Waals surface area contributed by atoms with Crippen LogP contribution in [-0.4, -0.2) is 37.4 Å². The summed E-state index contributed by atoms with van der Waals surface area (Å²) in [5, 5.41) is 6.25. The Hall–Kier alpha value is -3.02. The van der Waals surface area contributed by atoms with Gasteiger partial charge < -0.3 is 15.2 Å². The average Bonchev–Trinajstić information content (AvgIpc) is 2.72. The molecule has 2 aromatic carbocycles. The third kappa shape index (κ3) is 3.89. The minimum atomic E-state index is -0.123. The number of benzene rings is 2. The third-order valence-corrected chi connectivity index (χ3v) is 4.87. The lowest BCUT2D eigenvalue weighted by Gasteiger charge is -2.29. The molecule has 1 aliphatic rings. The van der Waals surface area contributed by atoms with Crippen molar-refractivity contribution in [1.29, 1.82) is 0 Å². The van der Waals surface area contributed by atoms with Crippen LogP contribution in [0.5, 0.6) is 11.5 Å². The van der Waals surface area contributed by atoms with E-state index in [9.17, 15) is 4.79 Å². The number of ether oxygens (including phenoxy) is 2. The molecule has 1 heterocycles. The van der Waals surface area contributed by atoms with Crippen molar-refractivity contribution in [2.45, 2.75) is 19.8 Å². The van der Waals surface area contributed by atoms with E-state index in [2.05, 4.69) is 6.92 Å². The van der Waals surface area contributed by atoms with Gasteiger partial charge >= 0.3 is 0 Å². The van der Waals surface area contributed by atoms with Crippen LogP contribution in [0.2, 0.25) is 0 Å². The van der Waals surface area contributed by atoms with E-state index in [4.69, 9.17) is 20.3 Å². The second-order valence-electron chi connectivity index (χ2n) is 6.50. The molecule has 3 rings (SSSR count). The normalized spacial score (nSPS) is 16.6. The van der Waals surface area contributed by atoms with Crippen LogP contribution in [0, 0.1) is 5.92 Å². The van der Waals surface area contributed by atoms with Crippen molar-refractivity contribution in [3.05, 3.63) is 53.6 Å². The molecule has 0 radical (unpaired) electrons. The zero-order valence-corrected chi connectivity index (χ0v) is 15.9. The standard InChI is InChI=1S/C21H25N3O3/c1-4-14-11-12-24(21(25)15-5-8-17(22)9-6-15)23-20(14)16-7-10-18(26-2)19(13-16)27-3/h5-10,13-14H,4,11-12,22H2,1-3H3. The Morgan fingerprint density at radius 3 is 2.48 bits per heavy atom. The van der Waals surface area contributed by atoms with E-state index in [-0.39, 0.29) is 5.91 Å². The largest absolute Gasteiger partial charge is 0.493 e. The summed E-state index contributed by atoms with van der Waals surface area (Å²) in [6.07, 6.45) is 1.82. The summed E-state index contributed by atoms with van der Waals surface area (Å²) in [6, 6.07) is 12.7. The fourth-order valence-electron chi connectivity index (χ4n) is 3.28. The van der Waals surface area contributed by atoms with Crippen molar-refractivity contribution in [3.8, 4) is 11.5 Å². The molecule has 0 spiro atoms. The second kappa shape index (κ2) is 8.12. The van der Waals surface area contributed by atoms with Crippen LogP contribution in [-0.2, 0) is 0 Å². The molecule has 1 atom stereocenters. The fraction of sp³-hybridized carbons (Fsp3) is 0.333. The number of anilines is 1. The van der Waals surface area contributed by atoms with Crippen molar-refractivity contribution in [2.75, 3.05) is 26.5 Å². The van der Waals surface area contributed by atoms with Gasteiger partial charge in [-0.25, -0.2) is 5.01 Å². The highest BCUT2D eigenvalue weighted by Gasteiger charge is 2.27. The molecule has 0 saturated heterocycles. The fourth-order valence-corrected chi connectivity index (χ4v) is 3.28. The number of carbonyl (C=O) groups excluding carboxylic acids is 1. The maximum Gasteiger partial charge on any atom is 0.273 e. The Kier molecular flexibility index (Phi) is 5.64. The van der Waals surface area contributed by atoms with E-state index in [1.54, 1.807) is 43.5 Å². The molecule has 0 aromatic heterocycles. The highest BCUT2D eigenvalue weighted by molar-refractivity contribution is 6.04. The first kappa shape index (κ1) is 18.8. The zero-order valence-electron chi connectivity index (χ0n) is 15.9. The minimum Gasteiger partial charge on any atom is -0.493 e.